The van der Waals surface area contributed by atoms with Gasteiger partial charge in [0.2, 0.25) is 0 Å². The number of hydrogen-bond acceptors (Lipinski definition) is 2. The molecule has 0 spiro atoms. The van der Waals surface area contributed by atoms with E-state index in [9.17, 15) is 4.79 Å². The second kappa shape index (κ2) is 5.66. The first-order valence-electron chi connectivity index (χ1n) is 5.58. The van der Waals surface area contributed by atoms with Gasteiger partial charge in [-0.1, -0.05) is 17.7 Å². The van der Waals surface area contributed by atoms with Crippen molar-refractivity contribution in [3.63, 3.8) is 0 Å². The highest BCUT2D eigenvalue weighted by molar-refractivity contribution is 5.94. The van der Waals surface area contributed by atoms with Gasteiger partial charge in [-0.25, -0.2) is 0 Å². The van der Waals surface area contributed by atoms with Crippen molar-refractivity contribution in [2.75, 3.05) is 13.6 Å². The molecule has 0 aliphatic carbocycles. The summed E-state index contributed by atoms with van der Waals surface area (Å²) < 4.78 is 0. The van der Waals surface area contributed by atoms with Gasteiger partial charge in [-0.2, -0.15) is 0 Å². The predicted octanol–water partition coefficient (Wildman–Crippen LogP) is 1.80. The van der Waals surface area contributed by atoms with Crippen molar-refractivity contribution in [3.8, 4) is 0 Å². The number of nitrogens with zero attached hydrogens (tertiary/aromatic N) is 1. The first kappa shape index (κ1) is 12.7. The molecule has 0 bridgehead atoms. The Balaban J connectivity index is 2.63. The molecule has 1 aromatic rings. The maximum atomic E-state index is 12.0. The maximum absolute atomic E-state index is 12.0. The van der Waals surface area contributed by atoms with Crippen LogP contribution in [0.15, 0.2) is 24.3 Å². The Kier molecular flexibility index (Phi) is 4.50. The van der Waals surface area contributed by atoms with E-state index < -0.39 is 0 Å². The summed E-state index contributed by atoms with van der Waals surface area (Å²) in [6, 6.07) is 7.77. The van der Waals surface area contributed by atoms with E-state index >= 15 is 0 Å². The minimum atomic E-state index is 0.0596. The highest BCUT2D eigenvalue weighted by atomic mass is 16.2. The monoisotopic (exact) mass is 220 g/mol. The lowest BCUT2D eigenvalue weighted by Gasteiger charge is -2.18. The van der Waals surface area contributed by atoms with E-state index in [1.54, 1.807) is 4.90 Å². The summed E-state index contributed by atoms with van der Waals surface area (Å²) in [4.78, 5) is 13.7. The standard InChI is InChI=1S/C13H20N2O/c1-10-5-4-6-12(9-10)13(16)15(3)8-7-11(2)14/h4-6,9,11H,7-8,14H2,1-3H3. The summed E-state index contributed by atoms with van der Waals surface area (Å²) in [5.74, 6) is 0.0596. The zero-order valence-corrected chi connectivity index (χ0v) is 10.2. The van der Waals surface area contributed by atoms with E-state index in [-0.39, 0.29) is 11.9 Å². The Bertz CT molecular complexity index is 361. The SMILES string of the molecule is Cc1cccc(C(=O)N(C)CCC(C)N)c1. The van der Waals surface area contributed by atoms with Crippen molar-refractivity contribution in [1.29, 1.82) is 0 Å². The van der Waals surface area contributed by atoms with Gasteiger partial charge in [-0.05, 0) is 32.4 Å². The van der Waals surface area contributed by atoms with E-state index in [2.05, 4.69) is 0 Å². The normalized spacial score (nSPS) is 12.2. The van der Waals surface area contributed by atoms with Crippen LogP contribution in [0.4, 0.5) is 0 Å². The topological polar surface area (TPSA) is 46.3 Å². The average Bonchev–Trinajstić information content (AvgIpc) is 2.24. The summed E-state index contributed by atoms with van der Waals surface area (Å²) in [5, 5.41) is 0. The molecule has 1 amide bonds. The Labute approximate surface area is 97.2 Å². The summed E-state index contributed by atoms with van der Waals surface area (Å²) in [6.07, 6.45) is 0.827. The van der Waals surface area contributed by atoms with E-state index in [4.69, 9.17) is 5.73 Å². The molecule has 1 rings (SSSR count). The number of carbonyl (C=O) groups is 1. The van der Waals surface area contributed by atoms with Crippen LogP contribution in [0.5, 0.6) is 0 Å². The van der Waals surface area contributed by atoms with Crippen LogP contribution in [0.2, 0.25) is 0 Å². The van der Waals surface area contributed by atoms with Gasteiger partial charge in [0.15, 0.2) is 0 Å². The van der Waals surface area contributed by atoms with Crippen LogP contribution < -0.4 is 5.73 Å². The summed E-state index contributed by atoms with van der Waals surface area (Å²) in [5.41, 5.74) is 7.51. The van der Waals surface area contributed by atoms with E-state index in [1.807, 2.05) is 45.2 Å². The molecule has 0 radical (unpaired) electrons. The third-order valence-corrected chi connectivity index (χ3v) is 2.53. The second-order valence-corrected chi connectivity index (χ2v) is 4.36. The molecule has 0 aromatic heterocycles. The first-order valence-corrected chi connectivity index (χ1v) is 5.58. The van der Waals surface area contributed by atoms with Crippen LogP contribution in [-0.2, 0) is 0 Å². The van der Waals surface area contributed by atoms with Gasteiger partial charge in [-0.3, -0.25) is 4.79 Å². The number of aryl methyl sites for hydroxylation is 1. The summed E-state index contributed by atoms with van der Waals surface area (Å²) in [6.45, 7) is 4.63. The molecule has 0 saturated carbocycles. The highest BCUT2D eigenvalue weighted by Gasteiger charge is 2.11. The molecule has 3 heteroatoms. The molecule has 1 atom stereocenters. The van der Waals surface area contributed by atoms with Gasteiger partial charge in [0, 0.05) is 25.2 Å². The zero-order valence-electron chi connectivity index (χ0n) is 10.2. The predicted molar refractivity (Wildman–Crippen MR) is 66.4 cm³/mol. The third-order valence-electron chi connectivity index (χ3n) is 2.53. The van der Waals surface area contributed by atoms with E-state index in [0.29, 0.717) is 6.54 Å². The molecule has 1 unspecified atom stereocenters. The van der Waals surface area contributed by atoms with Gasteiger partial charge >= 0.3 is 0 Å². The molecule has 0 fully saturated rings. The molecular weight excluding hydrogens is 200 g/mol. The van der Waals surface area contributed by atoms with Gasteiger partial charge in [0.1, 0.15) is 0 Å². The molecule has 0 heterocycles. The largest absolute Gasteiger partial charge is 0.342 e. The first-order chi connectivity index (χ1) is 7.50. The van der Waals surface area contributed by atoms with Crippen LogP contribution in [0.1, 0.15) is 29.3 Å². The molecule has 0 aliphatic heterocycles. The summed E-state index contributed by atoms with van der Waals surface area (Å²) in [7, 11) is 1.81. The quantitative estimate of drug-likeness (QED) is 0.841. The smallest absolute Gasteiger partial charge is 0.253 e. The average molecular weight is 220 g/mol. The Morgan fingerprint density at radius 1 is 1.50 bits per heavy atom. The molecule has 3 nitrogen and oxygen atoms in total. The number of nitrogens with two attached hydrogens (primary N) is 1. The van der Waals surface area contributed by atoms with Crippen molar-refractivity contribution in [1.82, 2.24) is 4.90 Å². The van der Waals surface area contributed by atoms with E-state index in [0.717, 1.165) is 17.5 Å². The van der Waals surface area contributed by atoms with Crippen molar-refractivity contribution in [2.24, 2.45) is 5.73 Å². The van der Waals surface area contributed by atoms with Crippen molar-refractivity contribution in [2.45, 2.75) is 26.3 Å². The van der Waals surface area contributed by atoms with Crippen LogP contribution in [0.3, 0.4) is 0 Å². The lowest BCUT2D eigenvalue weighted by molar-refractivity contribution is 0.0792. The molecule has 88 valence electrons. The lowest BCUT2D eigenvalue weighted by Crippen LogP contribution is -2.31. The zero-order chi connectivity index (χ0) is 12.1. The van der Waals surface area contributed by atoms with Crippen molar-refractivity contribution < 1.29 is 4.79 Å². The molecule has 16 heavy (non-hydrogen) atoms. The van der Waals surface area contributed by atoms with Crippen molar-refractivity contribution in [3.05, 3.63) is 35.4 Å². The van der Waals surface area contributed by atoms with Gasteiger partial charge in [0.25, 0.3) is 5.91 Å². The van der Waals surface area contributed by atoms with Crippen LogP contribution in [-0.4, -0.2) is 30.4 Å². The highest BCUT2D eigenvalue weighted by Crippen LogP contribution is 2.07. The van der Waals surface area contributed by atoms with Gasteiger partial charge in [0.05, 0.1) is 0 Å². The van der Waals surface area contributed by atoms with Gasteiger partial charge in [-0.15, -0.1) is 0 Å². The number of amides is 1. The molecule has 1 aromatic carbocycles. The Morgan fingerprint density at radius 2 is 2.19 bits per heavy atom. The van der Waals surface area contributed by atoms with Crippen molar-refractivity contribution >= 4 is 5.91 Å². The lowest BCUT2D eigenvalue weighted by atomic mass is 10.1. The van der Waals surface area contributed by atoms with Crippen LogP contribution in [0.25, 0.3) is 0 Å². The Morgan fingerprint density at radius 3 is 2.75 bits per heavy atom. The maximum Gasteiger partial charge on any atom is 0.253 e. The summed E-state index contributed by atoms with van der Waals surface area (Å²) >= 11 is 0. The molecule has 2 N–H and O–H groups in total. The fourth-order valence-electron chi connectivity index (χ4n) is 1.50. The van der Waals surface area contributed by atoms with Crippen LogP contribution in [0, 0.1) is 6.92 Å². The number of rotatable bonds is 4. The minimum absolute atomic E-state index is 0.0596. The molecule has 0 saturated heterocycles. The van der Waals surface area contributed by atoms with E-state index in [1.165, 1.54) is 0 Å². The third kappa shape index (κ3) is 3.66. The Hall–Kier alpha value is -1.35. The van der Waals surface area contributed by atoms with Crippen LogP contribution >= 0.6 is 0 Å². The number of hydrogen-bond donors (Lipinski definition) is 1. The number of carbonyl (C=O) groups excluding carboxylic acids is 1. The fourth-order valence-corrected chi connectivity index (χ4v) is 1.50. The fraction of sp³-hybridized carbons (Fsp3) is 0.462. The van der Waals surface area contributed by atoms with Gasteiger partial charge < -0.3 is 10.6 Å². The number of benzene rings is 1. The second-order valence-electron chi connectivity index (χ2n) is 4.36. The molecular formula is C13H20N2O. The minimum Gasteiger partial charge on any atom is -0.342 e. The molecule has 0 aliphatic rings.